The normalized spacial score (nSPS) is 22.3. The van der Waals surface area contributed by atoms with Gasteiger partial charge in [-0.2, -0.15) is 5.26 Å². The largest absolute Gasteiger partial charge is 0.504 e. The number of benzene rings is 2. The summed E-state index contributed by atoms with van der Waals surface area (Å²) >= 11 is 0. The van der Waals surface area contributed by atoms with Crippen LogP contribution in [0.15, 0.2) is 0 Å². The molecule has 4 atom stereocenters. The lowest BCUT2D eigenvalue weighted by Crippen LogP contribution is -2.55. The van der Waals surface area contributed by atoms with Gasteiger partial charge in [0.1, 0.15) is 17.5 Å². The molecule has 0 saturated carbocycles. The number of hydrogen-bond acceptors (Lipinski definition) is 10. The molecule has 0 aliphatic carbocycles. The number of nitrogens with zero attached hydrogens (tertiary/aromatic N) is 3. The first-order valence-electron chi connectivity index (χ1n) is 13.0. The van der Waals surface area contributed by atoms with Gasteiger partial charge in [0, 0.05) is 52.4 Å². The lowest BCUT2D eigenvalue weighted by atomic mass is 9.80. The van der Waals surface area contributed by atoms with E-state index in [0.717, 1.165) is 11.1 Å². The maximum atomic E-state index is 11.6. The minimum absolute atomic E-state index is 0.0553. The zero-order chi connectivity index (χ0) is 28.8. The minimum atomic E-state index is -0.580. The van der Waals surface area contributed by atoms with E-state index in [-0.39, 0.29) is 29.6 Å². The number of aromatic hydroxyl groups is 2. The Morgan fingerprint density at radius 3 is 1.79 bits per heavy atom. The average Bonchev–Trinajstić information content (AvgIpc) is 3.04. The van der Waals surface area contributed by atoms with Crippen LogP contribution in [0.4, 0.5) is 0 Å². The molecule has 2 aromatic carbocycles. The number of rotatable bonds is 7. The first-order valence-corrected chi connectivity index (χ1v) is 13.0. The van der Waals surface area contributed by atoms with E-state index in [4.69, 9.17) is 18.9 Å². The summed E-state index contributed by atoms with van der Waals surface area (Å²) in [7, 11) is 12.1. The van der Waals surface area contributed by atoms with Crippen molar-refractivity contribution >= 4 is 0 Å². The SMILES string of the molecule is CNCC1c2c(O)c(OC)c(C)c(OC)c2CC2[C@H](N(C)C)c3c(O)c(OC)c(C)c(OC)c3C[C@H](C#N)N12. The van der Waals surface area contributed by atoms with Gasteiger partial charge in [0.05, 0.1) is 46.6 Å². The lowest BCUT2D eigenvalue weighted by Gasteiger charge is -2.48. The highest BCUT2D eigenvalue weighted by atomic mass is 16.5. The number of ether oxygens (including phenoxy) is 4. The van der Waals surface area contributed by atoms with Crippen molar-refractivity contribution in [3.05, 3.63) is 33.4 Å². The molecule has 4 rings (SSSR count). The highest BCUT2D eigenvalue weighted by molar-refractivity contribution is 5.67. The van der Waals surface area contributed by atoms with Gasteiger partial charge in [-0.05, 0) is 41.4 Å². The number of fused-ring (bicyclic) bond motifs is 3. The van der Waals surface area contributed by atoms with Gasteiger partial charge in [-0.1, -0.05) is 0 Å². The molecule has 2 aliphatic rings. The van der Waals surface area contributed by atoms with Crippen molar-refractivity contribution in [2.75, 3.05) is 56.1 Å². The fourth-order valence-electron chi connectivity index (χ4n) is 6.95. The summed E-state index contributed by atoms with van der Waals surface area (Å²) in [5.41, 5.74) is 4.42. The van der Waals surface area contributed by atoms with Gasteiger partial charge in [0.25, 0.3) is 0 Å². The second kappa shape index (κ2) is 11.0. The number of methoxy groups -OCH3 is 4. The number of phenols is 2. The summed E-state index contributed by atoms with van der Waals surface area (Å²) in [6, 6.07) is 0.965. The van der Waals surface area contributed by atoms with Crippen LogP contribution in [-0.2, 0) is 12.8 Å². The summed E-state index contributed by atoms with van der Waals surface area (Å²) < 4.78 is 23.1. The van der Waals surface area contributed by atoms with E-state index < -0.39 is 6.04 Å². The van der Waals surface area contributed by atoms with Gasteiger partial charge >= 0.3 is 0 Å². The molecular formula is C29H40N4O6. The third-order valence-corrected chi connectivity index (χ3v) is 8.33. The summed E-state index contributed by atoms with van der Waals surface area (Å²) in [6.07, 6.45) is 0.792. The second-order valence-electron chi connectivity index (χ2n) is 10.4. The smallest absolute Gasteiger partial charge is 0.167 e. The van der Waals surface area contributed by atoms with Crippen LogP contribution in [0.2, 0.25) is 0 Å². The first-order chi connectivity index (χ1) is 18.6. The zero-order valence-corrected chi connectivity index (χ0v) is 24.3. The molecule has 0 amide bonds. The van der Waals surface area contributed by atoms with Gasteiger partial charge in [-0.3, -0.25) is 4.90 Å². The van der Waals surface area contributed by atoms with Gasteiger partial charge < -0.3 is 39.4 Å². The molecule has 2 heterocycles. The molecule has 3 N–H and O–H groups in total. The molecule has 0 spiro atoms. The maximum Gasteiger partial charge on any atom is 0.167 e. The first kappa shape index (κ1) is 28.6. The average molecular weight is 541 g/mol. The predicted octanol–water partition coefficient (Wildman–Crippen LogP) is 2.99. The van der Waals surface area contributed by atoms with E-state index in [0.29, 0.717) is 64.6 Å². The van der Waals surface area contributed by atoms with Gasteiger partial charge in [0.2, 0.25) is 0 Å². The van der Waals surface area contributed by atoms with Crippen LogP contribution < -0.4 is 24.3 Å². The Morgan fingerprint density at radius 2 is 1.36 bits per heavy atom. The van der Waals surface area contributed by atoms with Crippen LogP contribution in [0.3, 0.4) is 0 Å². The Balaban J connectivity index is 2.11. The molecule has 0 radical (unpaired) electrons. The van der Waals surface area contributed by atoms with Crippen LogP contribution >= 0.6 is 0 Å². The molecule has 2 aliphatic heterocycles. The minimum Gasteiger partial charge on any atom is -0.504 e. The van der Waals surface area contributed by atoms with Crippen molar-refractivity contribution < 1.29 is 29.2 Å². The topological polar surface area (TPSA) is 120 Å². The molecule has 0 bridgehead atoms. The predicted molar refractivity (Wildman–Crippen MR) is 147 cm³/mol. The molecule has 0 aromatic heterocycles. The molecule has 0 fully saturated rings. The van der Waals surface area contributed by atoms with E-state index in [1.165, 1.54) is 14.2 Å². The van der Waals surface area contributed by atoms with E-state index in [9.17, 15) is 15.5 Å². The van der Waals surface area contributed by atoms with Crippen molar-refractivity contribution in [3.63, 3.8) is 0 Å². The van der Waals surface area contributed by atoms with Gasteiger partial charge in [-0.15, -0.1) is 0 Å². The Morgan fingerprint density at radius 1 is 0.872 bits per heavy atom. The van der Waals surface area contributed by atoms with Crippen LogP contribution in [0.1, 0.15) is 45.5 Å². The maximum absolute atomic E-state index is 11.6. The van der Waals surface area contributed by atoms with Crippen molar-refractivity contribution in [1.82, 2.24) is 15.1 Å². The summed E-state index contributed by atoms with van der Waals surface area (Å²) in [4.78, 5) is 4.24. The molecule has 10 heteroatoms. The third-order valence-electron chi connectivity index (χ3n) is 8.33. The van der Waals surface area contributed by atoms with Crippen molar-refractivity contribution in [2.45, 2.75) is 50.9 Å². The van der Waals surface area contributed by atoms with E-state index in [1.807, 2.05) is 35.0 Å². The van der Waals surface area contributed by atoms with Gasteiger partial charge in [0.15, 0.2) is 23.0 Å². The van der Waals surface area contributed by atoms with Crippen molar-refractivity contribution in [1.29, 1.82) is 5.26 Å². The number of nitrogens with one attached hydrogen (secondary N) is 1. The van der Waals surface area contributed by atoms with E-state index in [1.54, 1.807) is 14.2 Å². The fourth-order valence-corrected chi connectivity index (χ4v) is 6.95. The molecule has 2 aromatic rings. The van der Waals surface area contributed by atoms with Crippen molar-refractivity contribution in [2.24, 2.45) is 0 Å². The molecule has 10 nitrogen and oxygen atoms in total. The summed E-state index contributed by atoms with van der Waals surface area (Å²) in [6.45, 7) is 4.18. The fraction of sp³-hybridized carbons (Fsp3) is 0.552. The Labute approximate surface area is 230 Å². The summed E-state index contributed by atoms with van der Waals surface area (Å²) in [5.74, 6) is 2.09. The zero-order valence-electron chi connectivity index (χ0n) is 24.3. The van der Waals surface area contributed by atoms with Crippen molar-refractivity contribution in [3.8, 4) is 40.6 Å². The molecular weight excluding hydrogens is 500 g/mol. The molecule has 212 valence electrons. The van der Waals surface area contributed by atoms with Crippen LogP contribution in [0.5, 0.6) is 34.5 Å². The van der Waals surface area contributed by atoms with Crippen LogP contribution in [0.25, 0.3) is 0 Å². The molecule has 39 heavy (non-hydrogen) atoms. The van der Waals surface area contributed by atoms with Crippen LogP contribution in [0, 0.1) is 25.2 Å². The number of nitriles is 1. The molecule has 0 saturated heterocycles. The quantitative estimate of drug-likeness (QED) is 0.484. The number of hydrogen-bond donors (Lipinski definition) is 3. The molecule has 2 unspecified atom stereocenters. The number of likely N-dealkylation sites (N-methyl/N-ethyl adjacent to an activating group) is 2. The monoisotopic (exact) mass is 540 g/mol. The Bertz CT molecular complexity index is 1300. The van der Waals surface area contributed by atoms with E-state index >= 15 is 0 Å². The highest BCUT2D eigenvalue weighted by Gasteiger charge is 2.50. The summed E-state index contributed by atoms with van der Waals surface area (Å²) in [5, 5.41) is 37.0. The third kappa shape index (κ3) is 4.20. The van der Waals surface area contributed by atoms with Crippen LogP contribution in [-0.4, -0.2) is 88.2 Å². The second-order valence-corrected chi connectivity index (χ2v) is 10.4. The van der Waals surface area contributed by atoms with Gasteiger partial charge in [-0.25, -0.2) is 0 Å². The standard InChI is InChI=1S/C29H40N4O6/c1-14-26(36-6)17-10-16(12-30)33-19(23(32(4)5)22(17)25(35)29(14)39-9)11-18-21(20(33)13-31-3)24(34)28(38-8)15(2)27(18)37-7/h16,19-20,23,31,34-35H,10-11,13H2,1-9H3/t16-,19?,20?,23+/m1/s1. The Hall–Kier alpha value is -3.39. The Kier molecular flexibility index (Phi) is 8.07. The highest BCUT2D eigenvalue weighted by Crippen LogP contribution is 2.56. The van der Waals surface area contributed by atoms with E-state index in [2.05, 4.69) is 21.2 Å². The number of phenolic OH excluding ortho intramolecular Hbond substituents is 2. The lowest BCUT2D eigenvalue weighted by molar-refractivity contribution is 0.0394.